The van der Waals surface area contributed by atoms with E-state index in [1.54, 1.807) is 12.3 Å². The van der Waals surface area contributed by atoms with E-state index in [1.807, 2.05) is 0 Å². The second-order valence-electron chi connectivity index (χ2n) is 2.94. The first-order valence-electron chi connectivity index (χ1n) is 4.06. The van der Waals surface area contributed by atoms with Gasteiger partial charge in [-0.3, -0.25) is 0 Å². The molecule has 7 heteroatoms. The molecular weight excluding hydrogens is 234 g/mol. The molecule has 0 atom stereocenters. The van der Waals surface area contributed by atoms with Crippen molar-refractivity contribution >= 4 is 11.3 Å². The Morgan fingerprint density at radius 3 is 2.67 bits per heavy atom. The minimum Gasteiger partial charge on any atom is -0.368 e. The van der Waals surface area contributed by atoms with Crippen LogP contribution in [-0.2, 0) is 11.3 Å². The van der Waals surface area contributed by atoms with Gasteiger partial charge in [-0.15, -0.1) is 11.3 Å². The largest absolute Gasteiger partial charge is 0.368 e. The van der Waals surface area contributed by atoms with Crippen molar-refractivity contribution in [1.29, 1.82) is 0 Å². The fraction of sp³-hybridized carbons (Fsp3) is 0.625. The predicted octanol–water partition coefficient (Wildman–Crippen LogP) is 2.87. The molecule has 0 spiro atoms. The number of hydrogen-bond donors (Lipinski definition) is 0. The molecule has 2 nitrogen and oxygen atoms in total. The molecule has 0 aromatic carbocycles. The van der Waals surface area contributed by atoms with E-state index in [0.717, 1.165) is 5.69 Å². The third kappa shape index (κ3) is 3.75. The minimum atomic E-state index is -4.09. The zero-order chi connectivity index (χ0) is 11.5. The number of aromatic nitrogens is 1. The van der Waals surface area contributed by atoms with Gasteiger partial charge in [0.05, 0.1) is 6.61 Å². The van der Waals surface area contributed by atoms with E-state index in [0.29, 0.717) is 5.01 Å². The Morgan fingerprint density at radius 1 is 1.53 bits per heavy atom. The Hall–Kier alpha value is -0.690. The first kappa shape index (κ1) is 12.4. The van der Waals surface area contributed by atoms with Gasteiger partial charge in [-0.25, -0.2) is 13.8 Å². The van der Waals surface area contributed by atoms with Crippen LogP contribution >= 0.6 is 11.3 Å². The highest BCUT2D eigenvalue weighted by Gasteiger charge is 2.40. The Morgan fingerprint density at radius 2 is 2.20 bits per heavy atom. The standard InChI is InChI=1S/C8H9F4NOS/c1-5-3-15-6(13-5)2-14-4-8(11,12)7(9)10/h3,7H,2,4H2,1H3. The highest BCUT2D eigenvalue weighted by molar-refractivity contribution is 7.09. The van der Waals surface area contributed by atoms with Crippen molar-refractivity contribution in [1.82, 2.24) is 4.98 Å². The van der Waals surface area contributed by atoms with Crippen molar-refractivity contribution in [3.63, 3.8) is 0 Å². The quantitative estimate of drug-likeness (QED) is 0.742. The molecule has 15 heavy (non-hydrogen) atoms. The lowest BCUT2D eigenvalue weighted by Crippen LogP contribution is -2.32. The number of thiazole rings is 1. The van der Waals surface area contributed by atoms with Crippen LogP contribution in [0.2, 0.25) is 0 Å². The van der Waals surface area contributed by atoms with Crippen molar-refractivity contribution in [2.45, 2.75) is 25.9 Å². The van der Waals surface area contributed by atoms with E-state index in [4.69, 9.17) is 0 Å². The molecule has 1 heterocycles. The van der Waals surface area contributed by atoms with Crippen LogP contribution in [0, 0.1) is 6.92 Å². The molecule has 0 saturated heterocycles. The van der Waals surface area contributed by atoms with Gasteiger partial charge in [0.15, 0.2) is 0 Å². The van der Waals surface area contributed by atoms with E-state index in [-0.39, 0.29) is 6.61 Å². The fourth-order valence-corrected chi connectivity index (χ4v) is 1.51. The summed E-state index contributed by atoms with van der Waals surface area (Å²) in [4.78, 5) is 3.94. The molecule has 0 aliphatic rings. The number of alkyl halides is 4. The maximum atomic E-state index is 12.4. The van der Waals surface area contributed by atoms with E-state index in [9.17, 15) is 17.6 Å². The first-order valence-corrected chi connectivity index (χ1v) is 4.94. The van der Waals surface area contributed by atoms with Crippen LogP contribution in [0.5, 0.6) is 0 Å². The van der Waals surface area contributed by atoms with Crippen molar-refractivity contribution < 1.29 is 22.3 Å². The average Bonchev–Trinajstić information content (AvgIpc) is 2.51. The lowest BCUT2D eigenvalue weighted by atomic mass is 10.4. The van der Waals surface area contributed by atoms with Gasteiger partial charge in [0.1, 0.15) is 11.6 Å². The summed E-state index contributed by atoms with van der Waals surface area (Å²) in [6, 6.07) is 0. The van der Waals surface area contributed by atoms with E-state index in [2.05, 4.69) is 9.72 Å². The number of hydrogen-bond acceptors (Lipinski definition) is 3. The summed E-state index contributed by atoms with van der Waals surface area (Å²) in [5.74, 6) is -4.09. The number of nitrogens with zero attached hydrogens (tertiary/aromatic N) is 1. The second-order valence-corrected chi connectivity index (χ2v) is 3.88. The van der Waals surface area contributed by atoms with Crippen LogP contribution in [0.4, 0.5) is 17.6 Å². The Labute approximate surface area is 87.9 Å². The summed E-state index contributed by atoms with van der Waals surface area (Å²) >= 11 is 1.24. The lowest BCUT2D eigenvalue weighted by molar-refractivity contribution is -0.168. The molecule has 1 aromatic rings. The smallest absolute Gasteiger partial charge is 0.330 e. The summed E-state index contributed by atoms with van der Waals surface area (Å²) < 4.78 is 52.6. The summed E-state index contributed by atoms with van der Waals surface area (Å²) in [7, 11) is 0. The van der Waals surface area contributed by atoms with E-state index < -0.39 is 19.0 Å². The maximum absolute atomic E-state index is 12.4. The third-order valence-electron chi connectivity index (χ3n) is 1.51. The summed E-state index contributed by atoms with van der Waals surface area (Å²) in [5.41, 5.74) is 0.749. The maximum Gasteiger partial charge on any atom is 0.330 e. The van der Waals surface area contributed by atoms with Crippen molar-refractivity contribution in [2.24, 2.45) is 0 Å². The number of aryl methyl sites for hydroxylation is 1. The molecule has 0 fully saturated rings. The van der Waals surface area contributed by atoms with Crippen LogP contribution in [0.1, 0.15) is 10.7 Å². The molecule has 0 aliphatic carbocycles. The topological polar surface area (TPSA) is 22.1 Å². The molecule has 0 amide bonds. The normalized spacial score (nSPS) is 12.4. The predicted molar refractivity (Wildman–Crippen MR) is 47.5 cm³/mol. The monoisotopic (exact) mass is 243 g/mol. The van der Waals surface area contributed by atoms with Gasteiger partial charge in [0, 0.05) is 11.1 Å². The summed E-state index contributed by atoms with van der Waals surface area (Å²) in [6.07, 6.45) is -3.70. The number of ether oxygens (including phenoxy) is 1. The highest BCUT2D eigenvalue weighted by Crippen LogP contribution is 2.23. The Kier molecular flexibility index (Phi) is 4.04. The third-order valence-corrected chi connectivity index (χ3v) is 2.45. The SMILES string of the molecule is Cc1csc(COCC(F)(F)C(F)F)n1. The molecule has 0 bridgehead atoms. The van der Waals surface area contributed by atoms with E-state index in [1.165, 1.54) is 11.3 Å². The van der Waals surface area contributed by atoms with Crippen molar-refractivity contribution in [3.8, 4) is 0 Å². The molecule has 0 N–H and O–H groups in total. The highest BCUT2D eigenvalue weighted by atomic mass is 32.1. The number of halogens is 4. The minimum absolute atomic E-state index is 0.166. The van der Waals surface area contributed by atoms with Gasteiger partial charge >= 0.3 is 12.3 Å². The molecule has 1 rings (SSSR count). The zero-order valence-corrected chi connectivity index (χ0v) is 8.66. The summed E-state index contributed by atoms with van der Waals surface area (Å²) in [5, 5.41) is 2.22. The molecule has 0 aliphatic heterocycles. The first-order chi connectivity index (χ1) is 6.92. The second kappa shape index (κ2) is 4.89. The molecule has 1 aromatic heterocycles. The van der Waals surface area contributed by atoms with Gasteiger partial charge in [0.25, 0.3) is 0 Å². The van der Waals surface area contributed by atoms with Gasteiger partial charge < -0.3 is 4.74 Å². The molecule has 0 saturated carbocycles. The van der Waals surface area contributed by atoms with Crippen molar-refractivity contribution in [3.05, 3.63) is 16.1 Å². The summed E-state index contributed by atoms with van der Waals surface area (Å²) in [6.45, 7) is 0.290. The van der Waals surface area contributed by atoms with Gasteiger partial charge in [-0.05, 0) is 6.92 Å². The zero-order valence-electron chi connectivity index (χ0n) is 7.84. The average molecular weight is 243 g/mol. The Balaban J connectivity index is 2.33. The van der Waals surface area contributed by atoms with E-state index >= 15 is 0 Å². The number of rotatable bonds is 5. The van der Waals surface area contributed by atoms with Crippen LogP contribution in [-0.4, -0.2) is 23.9 Å². The van der Waals surface area contributed by atoms with Crippen LogP contribution in [0.25, 0.3) is 0 Å². The molecular formula is C8H9F4NOS. The van der Waals surface area contributed by atoms with Gasteiger partial charge in [-0.1, -0.05) is 0 Å². The van der Waals surface area contributed by atoms with Crippen molar-refractivity contribution in [2.75, 3.05) is 6.61 Å². The van der Waals surface area contributed by atoms with Gasteiger partial charge in [-0.2, -0.15) is 8.78 Å². The van der Waals surface area contributed by atoms with Crippen LogP contribution in [0.3, 0.4) is 0 Å². The van der Waals surface area contributed by atoms with Crippen LogP contribution < -0.4 is 0 Å². The molecule has 86 valence electrons. The Bertz CT molecular complexity index is 315. The molecule has 0 radical (unpaired) electrons. The fourth-order valence-electron chi connectivity index (χ4n) is 0.806. The molecule has 0 unspecified atom stereocenters. The van der Waals surface area contributed by atoms with Crippen LogP contribution in [0.15, 0.2) is 5.38 Å². The van der Waals surface area contributed by atoms with Gasteiger partial charge in [0.2, 0.25) is 0 Å². The lowest BCUT2D eigenvalue weighted by Gasteiger charge is -2.14.